The fourth-order valence-electron chi connectivity index (χ4n) is 0.839. The molecule has 1 aromatic rings. The second-order valence-electron chi connectivity index (χ2n) is 2.12. The van der Waals surface area contributed by atoms with Gasteiger partial charge in [-0.05, 0) is 34.1 Å². The molecule has 1 N–H and O–H groups in total. The minimum atomic E-state index is 0. The van der Waals surface area contributed by atoms with E-state index in [2.05, 4.69) is 6.58 Å². The molecule has 0 saturated carbocycles. The molecule has 0 aliphatic heterocycles. The molecule has 0 aromatic heterocycles. The molecule has 6 heteroatoms. The van der Waals surface area contributed by atoms with Gasteiger partial charge in [-0.15, -0.1) is 6.58 Å². The smallest absolute Gasteiger partial charge is 0.885 e. The summed E-state index contributed by atoms with van der Waals surface area (Å²) in [6.45, 7) is 3.59. The van der Waals surface area contributed by atoms with Gasteiger partial charge in [0.2, 0.25) is 0 Å². The Balaban J connectivity index is -0.000000258. The molecule has 0 aliphatic rings. The van der Waals surface area contributed by atoms with E-state index in [0.717, 1.165) is 28.1 Å². The van der Waals surface area contributed by atoms with Gasteiger partial charge in [-0.2, -0.15) is 0 Å². The van der Waals surface area contributed by atoms with Crippen molar-refractivity contribution in [2.75, 3.05) is 0 Å². The van der Waals surface area contributed by atoms with Gasteiger partial charge in [0.1, 0.15) is 5.75 Å². The monoisotopic (exact) mass is 232 g/mol. The predicted molar refractivity (Wildman–Crippen MR) is 64.8 cm³/mol. The van der Waals surface area contributed by atoms with Gasteiger partial charge in [0.05, 0.1) is 0 Å². The van der Waals surface area contributed by atoms with Crippen LogP contribution in [0.25, 0.3) is 0 Å². The third-order valence-corrected chi connectivity index (χ3v) is 1.36. The number of hydrogen-bond donors (Lipinski definition) is 1. The standard InChI is InChI=1S/C9H10O.2BH2O.Ca/c1-2-5-8-6-3-4-7-9(8)10;2*1-2;/h2-4,6-7,10H,1,5H2;2*1H2;/q;2*-1;+2. The van der Waals surface area contributed by atoms with E-state index in [1.165, 1.54) is 0 Å². The largest absolute Gasteiger partial charge is 2.00 e. The molecule has 0 radical (unpaired) electrons. The third kappa shape index (κ3) is 10.4. The van der Waals surface area contributed by atoms with Crippen molar-refractivity contribution in [3.8, 4) is 5.75 Å². The average Bonchev–Trinajstić information content (AvgIpc) is 2.28. The number of para-hydroxylation sites is 1. The summed E-state index contributed by atoms with van der Waals surface area (Å²) >= 11 is 0. The van der Waals surface area contributed by atoms with Gasteiger partial charge in [0.15, 0.2) is 0 Å². The summed E-state index contributed by atoms with van der Waals surface area (Å²) in [6, 6.07) is 7.27. The molecule has 0 bridgehead atoms. The normalized spacial score (nSPS) is 6.80. The Hall–Kier alpha value is 0.0696. The van der Waals surface area contributed by atoms with Crippen LogP contribution in [-0.4, -0.2) is 58.9 Å². The Morgan fingerprint density at radius 1 is 1.20 bits per heavy atom. The molecular formula is C9H14B2CaO3. The van der Waals surface area contributed by atoms with Crippen LogP contribution in [0.2, 0.25) is 0 Å². The molecule has 0 atom stereocenters. The molecular weight excluding hydrogens is 218 g/mol. The zero-order valence-electron chi connectivity index (χ0n) is 9.27. The number of rotatable bonds is 2. The van der Waals surface area contributed by atoms with Crippen LogP contribution in [0.3, 0.4) is 0 Å². The van der Waals surface area contributed by atoms with Crippen LogP contribution in [0.15, 0.2) is 36.9 Å². The SMILES string of the molecule is B[O-].B[O-].C=CCc1ccccc1O.[Ca+2]. The quantitative estimate of drug-likeness (QED) is 0.453. The van der Waals surface area contributed by atoms with E-state index in [0.29, 0.717) is 5.75 Å². The van der Waals surface area contributed by atoms with Crippen LogP contribution in [0.5, 0.6) is 5.75 Å². The maximum atomic E-state index is 9.19. The summed E-state index contributed by atoms with van der Waals surface area (Å²) in [5.41, 5.74) is 0.928. The second kappa shape index (κ2) is 16.5. The Labute approximate surface area is 123 Å². The predicted octanol–water partition coefficient (Wildman–Crippen LogP) is -2.47. The first kappa shape index (κ1) is 20.5. The summed E-state index contributed by atoms with van der Waals surface area (Å²) in [4.78, 5) is 0. The average molecular weight is 232 g/mol. The summed E-state index contributed by atoms with van der Waals surface area (Å²) in [6.07, 6.45) is 2.50. The van der Waals surface area contributed by atoms with E-state index in [-0.39, 0.29) is 37.7 Å². The van der Waals surface area contributed by atoms with Gasteiger partial charge in [0, 0.05) is 0 Å². The number of phenolic OH excluding ortho intramolecular Hbond substituents is 1. The van der Waals surface area contributed by atoms with Crippen molar-refractivity contribution in [2.24, 2.45) is 0 Å². The van der Waals surface area contributed by atoms with Crippen LogP contribution >= 0.6 is 0 Å². The molecule has 0 aliphatic carbocycles. The molecule has 0 saturated heterocycles. The minimum Gasteiger partial charge on any atom is -0.885 e. The minimum absolute atomic E-state index is 0. The molecule has 0 unspecified atom stereocenters. The van der Waals surface area contributed by atoms with Crippen molar-refractivity contribution in [1.29, 1.82) is 0 Å². The van der Waals surface area contributed by atoms with E-state index >= 15 is 0 Å². The Morgan fingerprint density at radius 2 is 1.67 bits per heavy atom. The van der Waals surface area contributed by atoms with Gasteiger partial charge in [0.25, 0.3) is 0 Å². The zero-order valence-corrected chi connectivity index (χ0v) is 11.5. The first-order valence-electron chi connectivity index (χ1n) is 4.04. The fraction of sp³-hybridized carbons (Fsp3) is 0.111. The van der Waals surface area contributed by atoms with Crippen molar-refractivity contribution in [3.63, 3.8) is 0 Å². The molecule has 0 spiro atoms. The number of phenols is 1. The van der Waals surface area contributed by atoms with Crippen molar-refractivity contribution in [3.05, 3.63) is 42.5 Å². The van der Waals surface area contributed by atoms with Crippen molar-refractivity contribution in [1.82, 2.24) is 0 Å². The fourth-order valence-corrected chi connectivity index (χ4v) is 0.839. The number of benzene rings is 1. The first-order chi connectivity index (χ1) is 6.84. The third-order valence-electron chi connectivity index (χ3n) is 1.36. The Morgan fingerprint density at radius 3 is 2.07 bits per heavy atom. The van der Waals surface area contributed by atoms with Gasteiger partial charge in [-0.3, -0.25) is 0 Å². The van der Waals surface area contributed by atoms with E-state index in [9.17, 15) is 5.11 Å². The summed E-state index contributed by atoms with van der Waals surface area (Å²) in [7, 11) is 1.50. The van der Waals surface area contributed by atoms with E-state index in [1.54, 1.807) is 12.1 Å². The van der Waals surface area contributed by atoms with Gasteiger partial charge in [-0.1, -0.05) is 24.3 Å². The second-order valence-corrected chi connectivity index (χ2v) is 2.12. The maximum Gasteiger partial charge on any atom is 2.00 e. The maximum absolute atomic E-state index is 9.19. The zero-order chi connectivity index (χ0) is 11.4. The van der Waals surface area contributed by atoms with Gasteiger partial charge >= 0.3 is 37.7 Å². The molecule has 0 heterocycles. The van der Waals surface area contributed by atoms with Crippen LogP contribution in [-0.2, 0) is 6.42 Å². The van der Waals surface area contributed by atoms with Gasteiger partial charge < -0.3 is 15.2 Å². The Bertz CT molecular complexity index is 247. The van der Waals surface area contributed by atoms with Crippen LogP contribution in [0.4, 0.5) is 0 Å². The van der Waals surface area contributed by atoms with Crippen LogP contribution < -0.4 is 10.0 Å². The molecule has 0 amide bonds. The summed E-state index contributed by atoms with van der Waals surface area (Å²) < 4.78 is 0. The molecule has 76 valence electrons. The van der Waals surface area contributed by atoms with Crippen molar-refractivity contribution < 1.29 is 15.2 Å². The van der Waals surface area contributed by atoms with Crippen LogP contribution in [0.1, 0.15) is 5.56 Å². The van der Waals surface area contributed by atoms with Gasteiger partial charge in [-0.25, -0.2) is 0 Å². The van der Waals surface area contributed by atoms with E-state index < -0.39 is 0 Å². The van der Waals surface area contributed by atoms with E-state index in [1.807, 2.05) is 18.2 Å². The van der Waals surface area contributed by atoms with Crippen LogP contribution in [0, 0.1) is 0 Å². The molecule has 0 fully saturated rings. The molecule has 1 aromatic carbocycles. The Kier molecular flexibility index (Phi) is 22.5. The van der Waals surface area contributed by atoms with Crippen molar-refractivity contribution >= 4 is 53.8 Å². The number of allylic oxidation sites excluding steroid dienone is 1. The number of hydrogen-bond acceptors (Lipinski definition) is 3. The number of aromatic hydroxyl groups is 1. The topological polar surface area (TPSA) is 66.3 Å². The first-order valence-corrected chi connectivity index (χ1v) is 4.04. The van der Waals surface area contributed by atoms with E-state index in [4.69, 9.17) is 10.0 Å². The molecule has 15 heavy (non-hydrogen) atoms. The summed E-state index contributed by atoms with van der Waals surface area (Å²) in [5, 5.41) is 25.7. The van der Waals surface area contributed by atoms with Crippen molar-refractivity contribution in [2.45, 2.75) is 6.42 Å². The summed E-state index contributed by atoms with van der Waals surface area (Å²) in [5.74, 6) is 0.349. The molecule has 3 nitrogen and oxygen atoms in total. The molecule has 1 rings (SSSR count).